The summed E-state index contributed by atoms with van der Waals surface area (Å²) >= 11 is 0. The van der Waals surface area contributed by atoms with Crippen molar-refractivity contribution in [2.45, 2.75) is 26.3 Å². The van der Waals surface area contributed by atoms with E-state index in [0.717, 1.165) is 17.7 Å². The molecule has 3 N–H and O–H groups in total. The fraction of sp³-hybridized carbons (Fsp3) is 0.267. The third-order valence-electron chi connectivity index (χ3n) is 3.39. The minimum Gasteiger partial charge on any atom is -0.407 e. The van der Waals surface area contributed by atoms with Gasteiger partial charge in [0.15, 0.2) is 5.58 Å². The number of carbonyl (C=O) groups is 1. The van der Waals surface area contributed by atoms with E-state index in [2.05, 4.69) is 20.3 Å². The van der Waals surface area contributed by atoms with Crippen LogP contribution in [0.2, 0.25) is 0 Å². The highest BCUT2D eigenvalue weighted by atomic mass is 16.4. The molecule has 3 rings (SSSR count). The summed E-state index contributed by atoms with van der Waals surface area (Å²) in [4.78, 5) is 33.0. The molecule has 0 saturated carbocycles. The molecule has 114 valence electrons. The number of fused-ring (bicyclic) bond motifs is 1. The minimum atomic E-state index is -0.503. The zero-order valence-corrected chi connectivity index (χ0v) is 12.1. The second kappa shape index (κ2) is 5.88. The SMILES string of the molecule is CCc1cnc(CC(=O)NCc2cccc3[nH]c(=O)oc23)[nH]1. The Morgan fingerprint density at radius 3 is 3.00 bits per heavy atom. The highest BCUT2D eigenvalue weighted by molar-refractivity contribution is 5.79. The number of aromatic nitrogens is 3. The lowest BCUT2D eigenvalue weighted by molar-refractivity contribution is -0.120. The van der Waals surface area contributed by atoms with Crippen LogP contribution in [0.15, 0.2) is 33.6 Å². The van der Waals surface area contributed by atoms with E-state index in [4.69, 9.17) is 4.42 Å². The van der Waals surface area contributed by atoms with Crippen molar-refractivity contribution in [3.05, 3.63) is 52.0 Å². The molecule has 0 bridgehead atoms. The Hall–Kier alpha value is -2.83. The van der Waals surface area contributed by atoms with Crippen LogP contribution in [0, 0.1) is 0 Å². The van der Waals surface area contributed by atoms with Gasteiger partial charge in [-0.05, 0) is 12.5 Å². The van der Waals surface area contributed by atoms with Gasteiger partial charge in [0.2, 0.25) is 5.91 Å². The summed E-state index contributed by atoms with van der Waals surface area (Å²) in [6, 6.07) is 5.36. The lowest BCUT2D eigenvalue weighted by atomic mass is 10.2. The number of hydrogen-bond donors (Lipinski definition) is 3. The summed E-state index contributed by atoms with van der Waals surface area (Å²) in [6.45, 7) is 2.31. The third-order valence-corrected chi connectivity index (χ3v) is 3.39. The van der Waals surface area contributed by atoms with Crippen LogP contribution in [-0.2, 0) is 24.2 Å². The lowest BCUT2D eigenvalue weighted by Gasteiger charge is -2.04. The Balaban J connectivity index is 1.66. The molecule has 7 heteroatoms. The molecule has 0 aliphatic heterocycles. The maximum Gasteiger partial charge on any atom is 0.417 e. The molecule has 0 atom stereocenters. The van der Waals surface area contributed by atoms with Crippen molar-refractivity contribution in [1.82, 2.24) is 20.3 Å². The van der Waals surface area contributed by atoms with E-state index in [1.54, 1.807) is 18.3 Å². The Kier molecular flexibility index (Phi) is 3.78. The molecule has 0 spiro atoms. The Morgan fingerprint density at radius 2 is 2.23 bits per heavy atom. The fourth-order valence-corrected chi connectivity index (χ4v) is 2.25. The molecule has 0 saturated heterocycles. The predicted molar refractivity (Wildman–Crippen MR) is 80.4 cm³/mol. The van der Waals surface area contributed by atoms with Crippen molar-refractivity contribution in [3.8, 4) is 0 Å². The van der Waals surface area contributed by atoms with Crippen LogP contribution < -0.4 is 11.1 Å². The Bertz CT molecular complexity index is 859. The number of carbonyl (C=O) groups excluding carboxylic acids is 1. The van der Waals surface area contributed by atoms with Gasteiger partial charge in [0.25, 0.3) is 0 Å². The highest BCUT2D eigenvalue weighted by Gasteiger charge is 2.10. The van der Waals surface area contributed by atoms with Crippen LogP contribution in [0.5, 0.6) is 0 Å². The van der Waals surface area contributed by atoms with Gasteiger partial charge >= 0.3 is 5.76 Å². The zero-order valence-electron chi connectivity index (χ0n) is 12.1. The van der Waals surface area contributed by atoms with E-state index >= 15 is 0 Å². The molecule has 0 radical (unpaired) electrons. The van der Waals surface area contributed by atoms with Crippen LogP contribution in [0.3, 0.4) is 0 Å². The molecule has 22 heavy (non-hydrogen) atoms. The van der Waals surface area contributed by atoms with Gasteiger partial charge in [0.1, 0.15) is 5.82 Å². The van der Waals surface area contributed by atoms with E-state index in [1.807, 2.05) is 13.0 Å². The summed E-state index contributed by atoms with van der Waals surface area (Å²) in [5.74, 6) is -0.0101. The number of aromatic amines is 2. The first-order valence-corrected chi connectivity index (χ1v) is 7.06. The molecule has 0 aliphatic rings. The molecule has 3 aromatic rings. The number of imidazole rings is 1. The average molecular weight is 300 g/mol. The molecule has 0 fully saturated rings. The van der Waals surface area contributed by atoms with Crippen molar-refractivity contribution >= 4 is 17.0 Å². The Labute approximate surface area is 125 Å². The van der Waals surface area contributed by atoms with Crippen molar-refractivity contribution in [1.29, 1.82) is 0 Å². The smallest absolute Gasteiger partial charge is 0.407 e. The second-order valence-corrected chi connectivity index (χ2v) is 4.97. The predicted octanol–water partition coefficient (Wildman–Crippen LogP) is 1.27. The first-order valence-electron chi connectivity index (χ1n) is 7.06. The number of nitrogens with one attached hydrogen (secondary N) is 3. The van der Waals surface area contributed by atoms with Gasteiger partial charge in [-0.1, -0.05) is 19.1 Å². The highest BCUT2D eigenvalue weighted by Crippen LogP contribution is 2.15. The number of amides is 1. The molecule has 1 aromatic carbocycles. The van der Waals surface area contributed by atoms with Crippen molar-refractivity contribution in [3.63, 3.8) is 0 Å². The summed E-state index contributed by atoms with van der Waals surface area (Å²) in [5, 5.41) is 2.80. The van der Waals surface area contributed by atoms with Gasteiger partial charge in [-0.3, -0.25) is 9.78 Å². The number of oxazole rings is 1. The van der Waals surface area contributed by atoms with E-state index in [1.165, 1.54) is 0 Å². The van der Waals surface area contributed by atoms with Crippen LogP contribution in [0.4, 0.5) is 0 Å². The number of para-hydroxylation sites is 1. The number of rotatable bonds is 5. The number of hydrogen-bond acceptors (Lipinski definition) is 4. The van der Waals surface area contributed by atoms with E-state index in [9.17, 15) is 9.59 Å². The second-order valence-electron chi connectivity index (χ2n) is 4.97. The summed E-state index contributed by atoms with van der Waals surface area (Å²) < 4.78 is 5.09. The van der Waals surface area contributed by atoms with Crippen LogP contribution in [0.1, 0.15) is 24.0 Å². The molecule has 0 unspecified atom stereocenters. The van der Waals surface area contributed by atoms with E-state index in [-0.39, 0.29) is 18.9 Å². The average Bonchev–Trinajstić information content (AvgIpc) is 3.10. The number of H-pyrrole nitrogens is 2. The molecule has 2 heterocycles. The zero-order chi connectivity index (χ0) is 15.5. The molecule has 1 amide bonds. The largest absolute Gasteiger partial charge is 0.417 e. The van der Waals surface area contributed by atoms with Gasteiger partial charge in [-0.15, -0.1) is 0 Å². The van der Waals surface area contributed by atoms with Gasteiger partial charge < -0.3 is 14.7 Å². The maximum absolute atomic E-state index is 12.0. The van der Waals surface area contributed by atoms with Crippen molar-refractivity contribution in [2.75, 3.05) is 0 Å². The van der Waals surface area contributed by atoms with Crippen LogP contribution in [0.25, 0.3) is 11.1 Å². The first-order chi connectivity index (χ1) is 10.7. The fourth-order valence-electron chi connectivity index (χ4n) is 2.25. The van der Waals surface area contributed by atoms with E-state index < -0.39 is 5.76 Å². The summed E-state index contributed by atoms with van der Waals surface area (Å²) in [5.41, 5.74) is 2.84. The summed E-state index contributed by atoms with van der Waals surface area (Å²) in [6.07, 6.45) is 2.77. The quantitative estimate of drug-likeness (QED) is 0.660. The lowest BCUT2D eigenvalue weighted by Crippen LogP contribution is -2.25. The maximum atomic E-state index is 12.0. The van der Waals surface area contributed by atoms with Crippen molar-refractivity contribution in [2.24, 2.45) is 0 Å². The third kappa shape index (κ3) is 2.93. The normalized spacial score (nSPS) is 11.0. The molecule has 0 aliphatic carbocycles. The van der Waals surface area contributed by atoms with Crippen LogP contribution >= 0.6 is 0 Å². The van der Waals surface area contributed by atoms with Gasteiger partial charge in [-0.25, -0.2) is 9.78 Å². The summed E-state index contributed by atoms with van der Waals surface area (Å²) in [7, 11) is 0. The minimum absolute atomic E-state index is 0.146. The number of nitrogens with zero attached hydrogens (tertiary/aromatic N) is 1. The van der Waals surface area contributed by atoms with Crippen molar-refractivity contribution < 1.29 is 9.21 Å². The van der Waals surface area contributed by atoms with Gasteiger partial charge in [0, 0.05) is 24.0 Å². The topological polar surface area (TPSA) is 104 Å². The Morgan fingerprint density at radius 1 is 1.36 bits per heavy atom. The first kappa shape index (κ1) is 14.1. The molecular formula is C15H16N4O3. The van der Waals surface area contributed by atoms with Crippen LogP contribution in [-0.4, -0.2) is 20.9 Å². The van der Waals surface area contributed by atoms with Gasteiger partial charge in [-0.2, -0.15) is 0 Å². The van der Waals surface area contributed by atoms with Gasteiger partial charge in [0.05, 0.1) is 11.9 Å². The molecule has 2 aromatic heterocycles. The number of aryl methyl sites for hydroxylation is 1. The molecule has 7 nitrogen and oxygen atoms in total. The number of benzene rings is 1. The van der Waals surface area contributed by atoms with E-state index in [0.29, 0.717) is 16.9 Å². The molecular weight excluding hydrogens is 284 g/mol. The monoisotopic (exact) mass is 300 g/mol. The standard InChI is InChI=1S/C15H16N4O3/c1-2-10-8-16-12(18-10)6-13(20)17-7-9-4-3-5-11-14(9)22-15(21)19-11/h3-5,8H,2,6-7H2,1H3,(H,16,18)(H,17,20)(H,19,21).